The van der Waals surface area contributed by atoms with E-state index >= 15 is 0 Å². The van der Waals surface area contributed by atoms with Crippen LogP contribution in [0, 0.1) is 17.8 Å². The van der Waals surface area contributed by atoms with Gasteiger partial charge in [0.25, 0.3) is 5.91 Å². The Bertz CT molecular complexity index is 898. The molecule has 2 bridgehead atoms. The Hall–Kier alpha value is -2.37. The minimum absolute atomic E-state index is 0.146. The van der Waals surface area contributed by atoms with Gasteiger partial charge in [0.15, 0.2) is 0 Å². The summed E-state index contributed by atoms with van der Waals surface area (Å²) in [6, 6.07) is 4.89. The normalized spacial score (nSPS) is 25.2. The average molecular weight is 327 g/mol. The molecule has 24 heavy (non-hydrogen) atoms. The smallest absolute Gasteiger partial charge is 0.314 e. The van der Waals surface area contributed by atoms with Gasteiger partial charge in [0.2, 0.25) is 0 Å². The number of hydrogen-bond acceptors (Lipinski definition) is 3. The SMILES string of the molecule is O=C(NCC[C@H]1C[C@H]2CC[C@H]1C2)c1ccc2[nH]c(=O)c(=O)[nH]c2c1. The summed E-state index contributed by atoms with van der Waals surface area (Å²) in [5.74, 6) is 2.42. The van der Waals surface area contributed by atoms with Crippen molar-refractivity contribution in [2.75, 3.05) is 6.54 Å². The quantitative estimate of drug-likeness (QED) is 0.747. The lowest BCUT2D eigenvalue weighted by molar-refractivity contribution is 0.0950. The van der Waals surface area contributed by atoms with Crippen molar-refractivity contribution in [2.24, 2.45) is 17.8 Å². The molecule has 2 aliphatic rings. The van der Waals surface area contributed by atoms with E-state index in [4.69, 9.17) is 0 Å². The largest absolute Gasteiger partial charge is 0.352 e. The second-order valence-corrected chi connectivity index (χ2v) is 7.15. The second kappa shape index (κ2) is 5.92. The van der Waals surface area contributed by atoms with E-state index in [-0.39, 0.29) is 5.91 Å². The zero-order valence-corrected chi connectivity index (χ0v) is 13.4. The highest BCUT2D eigenvalue weighted by atomic mass is 16.2. The van der Waals surface area contributed by atoms with Gasteiger partial charge in [-0.15, -0.1) is 0 Å². The molecule has 2 aromatic rings. The molecule has 2 saturated carbocycles. The highest BCUT2D eigenvalue weighted by molar-refractivity contribution is 5.97. The molecule has 1 aromatic carbocycles. The molecule has 1 heterocycles. The Morgan fingerprint density at radius 1 is 1.08 bits per heavy atom. The van der Waals surface area contributed by atoms with E-state index in [0.717, 1.165) is 24.2 Å². The first kappa shape index (κ1) is 15.2. The third kappa shape index (κ3) is 2.77. The molecule has 3 atom stereocenters. The highest BCUT2D eigenvalue weighted by Gasteiger charge is 2.38. The lowest BCUT2D eigenvalue weighted by Crippen LogP contribution is -2.29. The lowest BCUT2D eigenvalue weighted by Gasteiger charge is -2.21. The minimum Gasteiger partial charge on any atom is -0.352 e. The zero-order valence-electron chi connectivity index (χ0n) is 13.4. The third-order valence-electron chi connectivity index (χ3n) is 5.67. The van der Waals surface area contributed by atoms with Gasteiger partial charge >= 0.3 is 11.1 Å². The number of benzene rings is 1. The number of carbonyl (C=O) groups excluding carboxylic acids is 1. The summed E-state index contributed by atoms with van der Waals surface area (Å²) in [6.07, 6.45) is 6.51. The van der Waals surface area contributed by atoms with Crippen molar-refractivity contribution < 1.29 is 4.79 Å². The molecule has 126 valence electrons. The van der Waals surface area contributed by atoms with Gasteiger partial charge in [-0.05, 0) is 61.6 Å². The van der Waals surface area contributed by atoms with Crippen molar-refractivity contribution in [2.45, 2.75) is 32.1 Å². The average Bonchev–Trinajstić information content (AvgIpc) is 3.18. The molecule has 1 amide bonds. The van der Waals surface area contributed by atoms with E-state index in [1.54, 1.807) is 18.2 Å². The van der Waals surface area contributed by atoms with Crippen molar-refractivity contribution in [3.05, 3.63) is 44.5 Å². The minimum atomic E-state index is -0.712. The van der Waals surface area contributed by atoms with Crippen LogP contribution in [-0.4, -0.2) is 22.4 Å². The van der Waals surface area contributed by atoms with Crippen molar-refractivity contribution in [1.29, 1.82) is 0 Å². The number of carbonyl (C=O) groups is 1. The van der Waals surface area contributed by atoms with Crippen molar-refractivity contribution in [3.63, 3.8) is 0 Å². The molecule has 3 N–H and O–H groups in total. The molecule has 2 fully saturated rings. The van der Waals surface area contributed by atoms with Gasteiger partial charge < -0.3 is 15.3 Å². The van der Waals surface area contributed by atoms with Crippen LogP contribution in [0.2, 0.25) is 0 Å². The summed E-state index contributed by atoms with van der Waals surface area (Å²) in [4.78, 5) is 40.0. The van der Waals surface area contributed by atoms with Gasteiger partial charge in [-0.1, -0.05) is 6.42 Å². The first-order valence-corrected chi connectivity index (χ1v) is 8.65. The van der Waals surface area contributed by atoms with Crippen LogP contribution >= 0.6 is 0 Å². The molecule has 0 spiro atoms. The molecular formula is C18H21N3O3. The van der Waals surface area contributed by atoms with Gasteiger partial charge in [-0.3, -0.25) is 14.4 Å². The zero-order chi connectivity index (χ0) is 16.7. The first-order chi connectivity index (χ1) is 11.6. The number of fused-ring (bicyclic) bond motifs is 3. The van der Waals surface area contributed by atoms with E-state index in [2.05, 4.69) is 15.3 Å². The number of aromatic amines is 2. The van der Waals surface area contributed by atoms with Crippen molar-refractivity contribution in [1.82, 2.24) is 15.3 Å². The fraction of sp³-hybridized carbons (Fsp3) is 0.500. The van der Waals surface area contributed by atoms with E-state index < -0.39 is 11.1 Å². The number of rotatable bonds is 4. The molecule has 0 unspecified atom stereocenters. The number of H-pyrrole nitrogens is 2. The van der Waals surface area contributed by atoms with Crippen LogP contribution in [0.1, 0.15) is 42.5 Å². The van der Waals surface area contributed by atoms with Gasteiger partial charge in [-0.2, -0.15) is 0 Å². The highest BCUT2D eigenvalue weighted by Crippen LogP contribution is 2.49. The standard InChI is InChI=1S/C18H21N3O3/c22-16(19-6-5-12-8-10-1-2-11(12)7-10)13-3-4-14-15(9-13)21-18(24)17(23)20-14/h3-4,9-12H,1-2,5-8H2,(H,19,22)(H,20,23)(H,21,24)/t10-,11-,12-/m0/s1. The van der Waals surface area contributed by atoms with Crippen LogP contribution < -0.4 is 16.4 Å². The van der Waals surface area contributed by atoms with Crippen LogP contribution in [0.15, 0.2) is 27.8 Å². The summed E-state index contributed by atoms with van der Waals surface area (Å²) in [6.45, 7) is 0.687. The van der Waals surface area contributed by atoms with Crippen LogP contribution in [0.25, 0.3) is 11.0 Å². The maximum atomic E-state index is 12.3. The Morgan fingerprint density at radius 3 is 2.58 bits per heavy atom. The predicted molar refractivity (Wildman–Crippen MR) is 91.1 cm³/mol. The first-order valence-electron chi connectivity index (χ1n) is 8.65. The van der Waals surface area contributed by atoms with Crippen molar-refractivity contribution in [3.8, 4) is 0 Å². The maximum Gasteiger partial charge on any atom is 0.314 e. The van der Waals surface area contributed by atoms with Gasteiger partial charge in [0.05, 0.1) is 11.0 Å². The molecule has 6 heteroatoms. The predicted octanol–water partition coefficient (Wildman–Crippen LogP) is 1.77. The molecule has 0 aliphatic heterocycles. The Balaban J connectivity index is 1.40. The second-order valence-electron chi connectivity index (χ2n) is 7.15. The molecule has 1 aromatic heterocycles. The summed E-state index contributed by atoms with van der Waals surface area (Å²) < 4.78 is 0. The molecule has 2 aliphatic carbocycles. The Kier molecular flexibility index (Phi) is 3.75. The summed E-state index contributed by atoms with van der Waals surface area (Å²) in [5.41, 5.74) is 0.0542. The van der Waals surface area contributed by atoms with Crippen LogP contribution in [0.4, 0.5) is 0 Å². The Labute approximate surface area is 138 Å². The summed E-state index contributed by atoms with van der Waals surface area (Å²) in [7, 11) is 0. The van der Waals surface area contributed by atoms with E-state index in [1.807, 2.05) is 0 Å². The number of nitrogens with one attached hydrogen (secondary N) is 3. The fourth-order valence-corrected chi connectivity index (χ4v) is 4.46. The third-order valence-corrected chi connectivity index (χ3v) is 5.67. The van der Waals surface area contributed by atoms with Gasteiger partial charge in [-0.25, -0.2) is 0 Å². The molecule has 0 radical (unpaired) electrons. The number of hydrogen-bond donors (Lipinski definition) is 3. The maximum absolute atomic E-state index is 12.3. The Morgan fingerprint density at radius 2 is 1.88 bits per heavy atom. The lowest BCUT2D eigenvalue weighted by atomic mass is 9.86. The molecular weight excluding hydrogens is 306 g/mol. The van der Waals surface area contributed by atoms with Crippen molar-refractivity contribution >= 4 is 16.9 Å². The van der Waals surface area contributed by atoms with Crippen LogP contribution in [0.3, 0.4) is 0 Å². The summed E-state index contributed by atoms with van der Waals surface area (Å²) in [5, 5.41) is 2.97. The fourth-order valence-electron chi connectivity index (χ4n) is 4.46. The molecule has 4 rings (SSSR count). The van der Waals surface area contributed by atoms with Crippen LogP contribution in [0.5, 0.6) is 0 Å². The summed E-state index contributed by atoms with van der Waals surface area (Å²) >= 11 is 0. The number of amides is 1. The molecule has 6 nitrogen and oxygen atoms in total. The van der Waals surface area contributed by atoms with Gasteiger partial charge in [0, 0.05) is 12.1 Å². The topological polar surface area (TPSA) is 94.8 Å². The van der Waals surface area contributed by atoms with Gasteiger partial charge in [0.1, 0.15) is 0 Å². The monoisotopic (exact) mass is 327 g/mol. The van der Waals surface area contributed by atoms with E-state index in [0.29, 0.717) is 23.1 Å². The number of aromatic nitrogens is 2. The van der Waals surface area contributed by atoms with E-state index in [9.17, 15) is 14.4 Å². The van der Waals surface area contributed by atoms with Crippen LogP contribution in [-0.2, 0) is 0 Å². The van der Waals surface area contributed by atoms with E-state index in [1.165, 1.54) is 25.7 Å². The molecule has 0 saturated heterocycles.